The topological polar surface area (TPSA) is 81.2 Å². The molecule has 0 atom stereocenters. The molecule has 0 fully saturated rings. The summed E-state index contributed by atoms with van der Waals surface area (Å²) < 4.78 is 32.3. The highest BCUT2D eigenvalue weighted by atomic mass is 79.9. The SMILES string of the molecule is COc1cc(C)nc(NS(=O)(=O)c2ccccc2Br)n1. The van der Waals surface area contributed by atoms with Crippen LogP contribution < -0.4 is 9.46 Å². The number of hydrogen-bond donors (Lipinski definition) is 1. The summed E-state index contributed by atoms with van der Waals surface area (Å²) in [5.74, 6) is 0.264. The van der Waals surface area contributed by atoms with Crippen molar-refractivity contribution in [1.29, 1.82) is 0 Å². The molecular weight excluding hydrogens is 346 g/mol. The molecule has 0 aliphatic rings. The maximum atomic E-state index is 12.3. The molecule has 8 heteroatoms. The number of aryl methyl sites for hydroxylation is 1. The van der Waals surface area contributed by atoms with Crippen LogP contribution in [0.5, 0.6) is 5.88 Å². The van der Waals surface area contributed by atoms with E-state index in [1.54, 1.807) is 31.2 Å². The average molecular weight is 358 g/mol. The van der Waals surface area contributed by atoms with E-state index >= 15 is 0 Å². The molecule has 1 aromatic heterocycles. The van der Waals surface area contributed by atoms with Crippen LogP contribution >= 0.6 is 15.9 Å². The summed E-state index contributed by atoms with van der Waals surface area (Å²) in [4.78, 5) is 8.09. The van der Waals surface area contributed by atoms with Crippen LogP contribution in [0, 0.1) is 6.92 Å². The van der Waals surface area contributed by atoms with Gasteiger partial charge in [-0.1, -0.05) is 12.1 Å². The van der Waals surface area contributed by atoms with Gasteiger partial charge in [-0.05, 0) is 35.0 Å². The van der Waals surface area contributed by atoms with Crippen molar-refractivity contribution in [3.8, 4) is 5.88 Å². The van der Waals surface area contributed by atoms with Crippen molar-refractivity contribution in [2.45, 2.75) is 11.8 Å². The zero-order chi connectivity index (χ0) is 14.8. The number of ether oxygens (including phenoxy) is 1. The molecule has 0 saturated carbocycles. The first kappa shape index (κ1) is 14.7. The Morgan fingerprint density at radius 3 is 2.60 bits per heavy atom. The second kappa shape index (κ2) is 5.76. The second-order valence-corrected chi connectivity index (χ2v) is 6.42. The van der Waals surface area contributed by atoms with Crippen molar-refractivity contribution < 1.29 is 13.2 Å². The summed E-state index contributed by atoms with van der Waals surface area (Å²) in [5, 5.41) is 0. The Bertz CT molecular complexity index is 734. The molecule has 2 rings (SSSR count). The van der Waals surface area contributed by atoms with Crippen LogP contribution in [0.4, 0.5) is 5.95 Å². The molecule has 20 heavy (non-hydrogen) atoms. The highest BCUT2D eigenvalue weighted by molar-refractivity contribution is 9.10. The van der Waals surface area contributed by atoms with Gasteiger partial charge in [-0.3, -0.25) is 0 Å². The number of anilines is 1. The van der Waals surface area contributed by atoms with Gasteiger partial charge in [-0.2, -0.15) is 4.98 Å². The standard InChI is InChI=1S/C12H12BrN3O3S/c1-8-7-11(19-2)15-12(14-8)16-20(17,18)10-6-4-3-5-9(10)13/h3-7H,1-2H3,(H,14,15,16). The van der Waals surface area contributed by atoms with Crippen LogP contribution in [0.3, 0.4) is 0 Å². The van der Waals surface area contributed by atoms with E-state index in [9.17, 15) is 8.42 Å². The molecule has 0 unspecified atom stereocenters. The molecule has 0 amide bonds. The fraction of sp³-hybridized carbons (Fsp3) is 0.167. The lowest BCUT2D eigenvalue weighted by atomic mass is 10.4. The normalized spacial score (nSPS) is 11.2. The lowest BCUT2D eigenvalue weighted by molar-refractivity contribution is 0.397. The largest absolute Gasteiger partial charge is 0.481 e. The Labute approximate surface area is 125 Å². The third-order valence-corrected chi connectivity index (χ3v) is 4.73. The van der Waals surface area contributed by atoms with Crippen LogP contribution in [0.15, 0.2) is 39.7 Å². The number of halogens is 1. The molecule has 1 aromatic carbocycles. The van der Waals surface area contributed by atoms with Gasteiger partial charge < -0.3 is 4.74 Å². The smallest absolute Gasteiger partial charge is 0.265 e. The third kappa shape index (κ3) is 3.26. The van der Waals surface area contributed by atoms with Crippen molar-refractivity contribution in [3.05, 3.63) is 40.5 Å². The van der Waals surface area contributed by atoms with E-state index in [-0.39, 0.29) is 10.8 Å². The molecule has 0 saturated heterocycles. The van der Waals surface area contributed by atoms with Gasteiger partial charge in [0.05, 0.1) is 7.11 Å². The Morgan fingerprint density at radius 1 is 1.25 bits per heavy atom. The van der Waals surface area contributed by atoms with Gasteiger partial charge in [0.2, 0.25) is 11.8 Å². The summed E-state index contributed by atoms with van der Waals surface area (Å²) in [7, 11) is -2.31. The van der Waals surface area contributed by atoms with Gasteiger partial charge in [0.25, 0.3) is 10.0 Å². The quantitative estimate of drug-likeness (QED) is 0.908. The second-order valence-electron chi connectivity index (χ2n) is 3.91. The van der Waals surface area contributed by atoms with Crippen LogP contribution in [0.25, 0.3) is 0 Å². The molecule has 0 bridgehead atoms. The van der Waals surface area contributed by atoms with Crippen molar-refractivity contribution in [2.75, 3.05) is 11.8 Å². The number of nitrogens with zero attached hydrogens (tertiary/aromatic N) is 2. The molecule has 0 aliphatic heterocycles. The maximum Gasteiger partial charge on any atom is 0.265 e. The number of aromatic nitrogens is 2. The molecule has 0 spiro atoms. The zero-order valence-corrected chi connectivity index (χ0v) is 13.2. The van der Waals surface area contributed by atoms with E-state index in [0.29, 0.717) is 16.0 Å². The number of hydrogen-bond acceptors (Lipinski definition) is 5. The van der Waals surface area contributed by atoms with E-state index in [4.69, 9.17) is 4.74 Å². The zero-order valence-electron chi connectivity index (χ0n) is 10.8. The number of methoxy groups -OCH3 is 1. The van der Waals surface area contributed by atoms with Gasteiger partial charge in [0.1, 0.15) is 4.90 Å². The molecule has 1 heterocycles. The van der Waals surface area contributed by atoms with Gasteiger partial charge >= 0.3 is 0 Å². The monoisotopic (exact) mass is 357 g/mol. The summed E-state index contributed by atoms with van der Waals surface area (Å²) in [6.07, 6.45) is 0. The Kier molecular flexibility index (Phi) is 4.24. The number of rotatable bonds is 4. The van der Waals surface area contributed by atoms with Crippen molar-refractivity contribution in [1.82, 2.24) is 9.97 Å². The van der Waals surface area contributed by atoms with Crippen molar-refractivity contribution >= 4 is 31.9 Å². The average Bonchev–Trinajstić information content (AvgIpc) is 2.37. The number of benzene rings is 1. The fourth-order valence-corrected chi connectivity index (χ4v) is 3.48. The lowest BCUT2D eigenvalue weighted by Gasteiger charge is -2.09. The molecule has 106 valence electrons. The van der Waals surface area contributed by atoms with Crippen LogP contribution in [-0.4, -0.2) is 25.5 Å². The maximum absolute atomic E-state index is 12.3. The summed E-state index contributed by atoms with van der Waals surface area (Å²) >= 11 is 3.20. The van der Waals surface area contributed by atoms with Gasteiger partial charge in [-0.15, -0.1) is 0 Å². The summed E-state index contributed by atoms with van der Waals surface area (Å²) in [6.45, 7) is 1.72. The molecule has 2 aromatic rings. The van der Waals surface area contributed by atoms with E-state index in [0.717, 1.165) is 0 Å². The number of sulfonamides is 1. The first-order chi connectivity index (χ1) is 9.42. The Balaban J connectivity index is 2.38. The molecular formula is C12H12BrN3O3S. The van der Waals surface area contributed by atoms with Crippen LogP contribution in [-0.2, 0) is 10.0 Å². The highest BCUT2D eigenvalue weighted by Gasteiger charge is 2.19. The Morgan fingerprint density at radius 2 is 1.95 bits per heavy atom. The summed E-state index contributed by atoms with van der Waals surface area (Å²) in [5.41, 5.74) is 0.599. The highest BCUT2D eigenvalue weighted by Crippen LogP contribution is 2.23. The minimum atomic E-state index is -3.76. The van der Waals surface area contributed by atoms with Crippen LogP contribution in [0.1, 0.15) is 5.69 Å². The number of nitrogens with one attached hydrogen (secondary N) is 1. The van der Waals surface area contributed by atoms with Crippen molar-refractivity contribution in [3.63, 3.8) is 0 Å². The Hall–Kier alpha value is -1.67. The molecule has 6 nitrogen and oxygen atoms in total. The van der Waals surface area contributed by atoms with E-state index in [2.05, 4.69) is 30.6 Å². The first-order valence-electron chi connectivity index (χ1n) is 5.59. The van der Waals surface area contributed by atoms with E-state index in [1.165, 1.54) is 13.2 Å². The predicted molar refractivity (Wildman–Crippen MR) is 78.3 cm³/mol. The van der Waals surface area contributed by atoms with E-state index < -0.39 is 10.0 Å². The molecule has 0 aliphatic carbocycles. The van der Waals surface area contributed by atoms with Crippen LogP contribution in [0.2, 0.25) is 0 Å². The van der Waals surface area contributed by atoms with E-state index in [1.807, 2.05) is 0 Å². The van der Waals surface area contributed by atoms with Crippen molar-refractivity contribution in [2.24, 2.45) is 0 Å². The predicted octanol–water partition coefficient (Wildman–Crippen LogP) is 2.36. The van der Waals surface area contributed by atoms with Gasteiger partial charge in [0, 0.05) is 16.2 Å². The first-order valence-corrected chi connectivity index (χ1v) is 7.87. The minimum absolute atomic E-state index is 0.0300. The van der Waals surface area contributed by atoms with Gasteiger partial charge in [0.15, 0.2) is 0 Å². The molecule has 0 radical (unpaired) electrons. The minimum Gasteiger partial charge on any atom is -0.481 e. The fourth-order valence-electron chi connectivity index (χ4n) is 1.53. The van der Waals surface area contributed by atoms with Gasteiger partial charge in [-0.25, -0.2) is 18.1 Å². The third-order valence-electron chi connectivity index (χ3n) is 2.39. The molecule has 1 N–H and O–H groups in total. The summed E-state index contributed by atoms with van der Waals surface area (Å²) in [6, 6.07) is 8.11. The lowest BCUT2D eigenvalue weighted by Crippen LogP contribution is -2.16.